The molecule has 7 nitrogen and oxygen atoms in total. The smallest absolute Gasteiger partial charge is 0.280 e. The average Bonchev–Trinajstić information content (AvgIpc) is 3.38. The molecule has 1 saturated carbocycles. The first kappa shape index (κ1) is 20.9. The second-order valence-corrected chi connectivity index (χ2v) is 9.29. The molecule has 6 rings (SSSR count). The Morgan fingerprint density at radius 2 is 2.00 bits per heavy atom. The van der Waals surface area contributed by atoms with Gasteiger partial charge in [-0.25, -0.2) is 18.7 Å². The molecule has 3 aliphatic rings. The summed E-state index contributed by atoms with van der Waals surface area (Å²) >= 11 is 0. The third kappa shape index (κ3) is 3.54. The second-order valence-electron chi connectivity index (χ2n) is 9.29. The van der Waals surface area contributed by atoms with Gasteiger partial charge in [0.25, 0.3) is 6.43 Å². The van der Waals surface area contributed by atoms with Gasteiger partial charge in [-0.3, -0.25) is 9.20 Å². The number of ether oxygens (including phenoxy) is 2. The van der Waals surface area contributed by atoms with Crippen molar-refractivity contribution < 1.29 is 23.0 Å². The number of carbonyl (C=O) groups is 1. The van der Waals surface area contributed by atoms with Crippen molar-refractivity contribution in [3.05, 3.63) is 53.2 Å². The number of hydrogen-bond acceptors (Lipinski definition) is 6. The highest BCUT2D eigenvalue weighted by atomic mass is 19.3. The van der Waals surface area contributed by atoms with E-state index in [0.29, 0.717) is 23.8 Å². The van der Waals surface area contributed by atoms with Crippen molar-refractivity contribution in [3.8, 4) is 5.88 Å². The fourth-order valence-electron chi connectivity index (χ4n) is 4.79. The summed E-state index contributed by atoms with van der Waals surface area (Å²) in [6.07, 6.45) is 2.58. The quantitative estimate of drug-likeness (QED) is 0.513. The number of alkyl halides is 2. The lowest BCUT2D eigenvalue weighted by molar-refractivity contribution is 0.0154. The maximum Gasteiger partial charge on any atom is 0.280 e. The number of carbonyl (C=O) groups excluding carboxylic acids is 1. The summed E-state index contributed by atoms with van der Waals surface area (Å²) in [4.78, 5) is 25.9. The van der Waals surface area contributed by atoms with Crippen LogP contribution < -0.4 is 4.74 Å². The van der Waals surface area contributed by atoms with Crippen LogP contribution in [0.25, 0.3) is 5.78 Å². The summed E-state index contributed by atoms with van der Waals surface area (Å²) < 4.78 is 39.5. The summed E-state index contributed by atoms with van der Waals surface area (Å²) in [5.74, 6) is 0.404. The lowest BCUT2D eigenvalue weighted by Gasteiger charge is -2.41. The monoisotopic (exact) mass is 442 g/mol. The number of nitrogens with zero attached hydrogens (tertiary/aromatic N) is 4. The van der Waals surface area contributed by atoms with E-state index in [1.165, 1.54) is 18.2 Å². The zero-order chi connectivity index (χ0) is 22.7. The molecule has 0 N–H and O–H groups in total. The van der Waals surface area contributed by atoms with E-state index in [-0.39, 0.29) is 35.0 Å². The lowest BCUT2D eigenvalue weighted by atomic mass is 9.62. The molecule has 168 valence electrons. The van der Waals surface area contributed by atoms with Crippen molar-refractivity contribution in [2.75, 3.05) is 6.61 Å². The van der Waals surface area contributed by atoms with E-state index in [2.05, 4.69) is 16.9 Å². The van der Waals surface area contributed by atoms with Crippen molar-refractivity contribution in [1.82, 2.24) is 19.4 Å². The number of ketones is 1. The normalized spacial score (nSPS) is 24.3. The first-order valence-corrected chi connectivity index (χ1v) is 10.6. The first-order chi connectivity index (χ1) is 15.2. The molecule has 0 unspecified atom stereocenters. The van der Waals surface area contributed by atoms with E-state index in [1.54, 1.807) is 10.6 Å². The molecule has 3 fully saturated rings. The number of aromatic nitrogens is 4. The molecule has 0 spiro atoms. The van der Waals surface area contributed by atoms with Crippen LogP contribution in [0.2, 0.25) is 0 Å². The summed E-state index contributed by atoms with van der Waals surface area (Å²) in [6, 6.07) is 4.05. The van der Waals surface area contributed by atoms with Crippen molar-refractivity contribution >= 4 is 11.6 Å². The largest absolute Gasteiger partial charge is 0.475 e. The molecule has 3 aromatic heterocycles. The molecule has 9 heteroatoms. The molecule has 1 aliphatic carbocycles. The maximum atomic E-state index is 13.0. The Balaban J connectivity index is 1.48. The molecule has 0 aromatic carbocycles. The molecule has 5 heterocycles. The number of pyridine rings is 1. The fourth-order valence-corrected chi connectivity index (χ4v) is 4.79. The maximum absolute atomic E-state index is 13.0. The predicted molar refractivity (Wildman–Crippen MR) is 111 cm³/mol. The van der Waals surface area contributed by atoms with Crippen LogP contribution in [0.1, 0.15) is 67.5 Å². The van der Waals surface area contributed by atoms with Crippen LogP contribution in [0, 0.1) is 0 Å². The number of fused-ring (bicyclic) bond motifs is 2. The fraction of sp³-hybridized carbons (Fsp3) is 0.478. The Kier molecular flexibility index (Phi) is 4.77. The summed E-state index contributed by atoms with van der Waals surface area (Å²) in [5, 5.41) is 0. The molecule has 0 atom stereocenters. The Labute approximate surface area is 183 Å². The SMILES string of the molecule is CC(C)Oc1nc2nc(C34COC(C)(C3)C4)cn2cc1CC(=O)c1cccc(C(F)F)n1. The first-order valence-electron chi connectivity index (χ1n) is 10.6. The van der Waals surface area contributed by atoms with Crippen LogP contribution in [0.15, 0.2) is 30.6 Å². The zero-order valence-corrected chi connectivity index (χ0v) is 18.1. The van der Waals surface area contributed by atoms with E-state index in [0.717, 1.165) is 18.5 Å². The highest BCUT2D eigenvalue weighted by Gasteiger charge is 2.61. The molecule has 2 aliphatic heterocycles. The van der Waals surface area contributed by atoms with Crippen LogP contribution >= 0.6 is 0 Å². The van der Waals surface area contributed by atoms with Crippen LogP contribution in [-0.4, -0.2) is 43.4 Å². The second kappa shape index (κ2) is 7.30. The summed E-state index contributed by atoms with van der Waals surface area (Å²) in [6.45, 7) is 6.49. The van der Waals surface area contributed by atoms with Gasteiger partial charge in [0.15, 0.2) is 5.78 Å². The van der Waals surface area contributed by atoms with Gasteiger partial charge in [-0.15, -0.1) is 0 Å². The minimum atomic E-state index is -2.74. The van der Waals surface area contributed by atoms with Crippen LogP contribution in [0.3, 0.4) is 0 Å². The third-order valence-electron chi connectivity index (χ3n) is 6.13. The third-order valence-corrected chi connectivity index (χ3v) is 6.13. The molecule has 0 amide bonds. The van der Waals surface area contributed by atoms with Gasteiger partial charge < -0.3 is 9.47 Å². The standard InChI is InChI=1S/C23H24F2N4O3/c1-13(2)32-20-14(7-17(30)15-5-4-6-16(26-15)19(24)25)8-29-9-18(27-21(29)28-20)23-10-22(3,11-23)31-12-23/h4-6,8-9,13,19H,7,10-12H2,1-3H3. The minimum absolute atomic E-state index is 0.0135. The van der Waals surface area contributed by atoms with Crippen LogP contribution in [0.4, 0.5) is 8.78 Å². The highest BCUT2D eigenvalue weighted by molar-refractivity contribution is 5.96. The Morgan fingerprint density at radius 1 is 1.22 bits per heavy atom. The summed E-state index contributed by atoms with van der Waals surface area (Å²) in [7, 11) is 0. The number of rotatable bonds is 7. The minimum Gasteiger partial charge on any atom is -0.475 e. The lowest BCUT2D eigenvalue weighted by Crippen LogP contribution is -2.45. The van der Waals surface area contributed by atoms with Crippen molar-refractivity contribution in [3.63, 3.8) is 0 Å². The van der Waals surface area contributed by atoms with Crippen molar-refractivity contribution in [2.24, 2.45) is 0 Å². The number of hydrogen-bond donors (Lipinski definition) is 0. The van der Waals surface area contributed by atoms with Gasteiger partial charge in [-0.05, 0) is 45.7 Å². The van der Waals surface area contributed by atoms with Gasteiger partial charge in [-0.1, -0.05) is 6.07 Å². The summed E-state index contributed by atoms with van der Waals surface area (Å²) in [5.41, 5.74) is 0.880. The van der Waals surface area contributed by atoms with Crippen LogP contribution in [-0.2, 0) is 16.6 Å². The molecule has 3 aromatic rings. The Bertz CT molecular complexity index is 1200. The molecular weight excluding hydrogens is 418 g/mol. The van der Waals surface area contributed by atoms with Gasteiger partial charge in [0.1, 0.15) is 11.4 Å². The van der Waals surface area contributed by atoms with Crippen molar-refractivity contribution in [2.45, 2.75) is 63.6 Å². The molecular formula is C23H24F2N4O3. The zero-order valence-electron chi connectivity index (χ0n) is 18.1. The average molecular weight is 442 g/mol. The van der Waals surface area contributed by atoms with Crippen LogP contribution in [0.5, 0.6) is 5.88 Å². The van der Waals surface area contributed by atoms with Gasteiger partial charge >= 0.3 is 0 Å². The Hall–Kier alpha value is -2.94. The van der Waals surface area contributed by atoms with E-state index in [9.17, 15) is 13.6 Å². The Morgan fingerprint density at radius 3 is 2.66 bits per heavy atom. The van der Waals surface area contributed by atoms with Gasteiger partial charge in [0.2, 0.25) is 11.7 Å². The molecule has 32 heavy (non-hydrogen) atoms. The number of imidazole rings is 1. The van der Waals surface area contributed by atoms with Crippen molar-refractivity contribution in [1.29, 1.82) is 0 Å². The van der Waals surface area contributed by atoms with Gasteiger partial charge in [-0.2, -0.15) is 4.98 Å². The van der Waals surface area contributed by atoms with Gasteiger partial charge in [0, 0.05) is 29.8 Å². The predicted octanol–water partition coefficient (Wildman–Crippen LogP) is 4.10. The molecule has 0 radical (unpaired) electrons. The number of halogens is 2. The molecule has 2 saturated heterocycles. The van der Waals surface area contributed by atoms with E-state index >= 15 is 0 Å². The topological polar surface area (TPSA) is 78.6 Å². The van der Waals surface area contributed by atoms with E-state index in [4.69, 9.17) is 14.5 Å². The van der Waals surface area contributed by atoms with E-state index < -0.39 is 12.1 Å². The number of Topliss-reactive ketones (excluding diaryl/α,β-unsaturated/α-hetero) is 1. The molecule has 2 bridgehead atoms. The highest BCUT2D eigenvalue weighted by Crippen LogP contribution is 2.58. The van der Waals surface area contributed by atoms with Gasteiger partial charge in [0.05, 0.1) is 24.0 Å². The van der Waals surface area contributed by atoms with E-state index in [1.807, 2.05) is 20.0 Å².